The van der Waals surface area contributed by atoms with E-state index in [4.69, 9.17) is 9.84 Å². The predicted octanol–water partition coefficient (Wildman–Crippen LogP) is 2.08. The number of hydrogen-bond donors (Lipinski definition) is 1. The van der Waals surface area contributed by atoms with Gasteiger partial charge in [-0.3, -0.25) is 10.1 Å². The third-order valence-electron chi connectivity index (χ3n) is 1.87. The molecular formula is C10H11NO5. The molecular weight excluding hydrogens is 214 g/mol. The second-order valence-electron chi connectivity index (χ2n) is 3.09. The quantitative estimate of drug-likeness (QED) is 0.612. The maximum absolute atomic E-state index is 10.8. The summed E-state index contributed by atoms with van der Waals surface area (Å²) in [6.45, 7) is 2.35. The zero-order chi connectivity index (χ0) is 12.1. The predicted molar refractivity (Wildman–Crippen MR) is 55.8 cm³/mol. The molecule has 0 bridgehead atoms. The van der Waals surface area contributed by atoms with Crippen LogP contribution in [0.3, 0.4) is 0 Å². The monoisotopic (exact) mass is 225 g/mol. The van der Waals surface area contributed by atoms with Crippen LogP contribution in [-0.2, 0) is 0 Å². The third-order valence-corrected chi connectivity index (χ3v) is 1.87. The van der Waals surface area contributed by atoms with Crippen molar-refractivity contribution in [1.82, 2.24) is 0 Å². The Morgan fingerprint density at radius 2 is 2.25 bits per heavy atom. The van der Waals surface area contributed by atoms with Gasteiger partial charge in [0.25, 0.3) is 5.69 Å². The normalized spacial score (nSPS) is 9.81. The Labute approximate surface area is 91.6 Å². The summed E-state index contributed by atoms with van der Waals surface area (Å²) in [5, 5.41) is 19.4. The van der Waals surface area contributed by atoms with Gasteiger partial charge >= 0.3 is 5.97 Å². The second kappa shape index (κ2) is 5.11. The molecule has 16 heavy (non-hydrogen) atoms. The van der Waals surface area contributed by atoms with Crippen LogP contribution in [0, 0.1) is 10.1 Å². The van der Waals surface area contributed by atoms with Gasteiger partial charge in [-0.2, -0.15) is 0 Å². The van der Waals surface area contributed by atoms with Gasteiger partial charge in [-0.25, -0.2) is 4.79 Å². The zero-order valence-corrected chi connectivity index (χ0v) is 8.67. The average molecular weight is 225 g/mol. The van der Waals surface area contributed by atoms with Crippen LogP contribution in [-0.4, -0.2) is 22.6 Å². The van der Waals surface area contributed by atoms with Gasteiger partial charge in [0.2, 0.25) is 0 Å². The number of carbonyl (C=O) groups is 1. The van der Waals surface area contributed by atoms with E-state index in [1.807, 2.05) is 6.92 Å². The van der Waals surface area contributed by atoms with E-state index >= 15 is 0 Å². The molecule has 0 atom stereocenters. The van der Waals surface area contributed by atoms with Gasteiger partial charge < -0.3 is 9.84 Å². The van der Waals surface area contributed by atoms with Crippen molar-refractivity contribution in [2.75, 3.05) is 6.61 Å². The van der Waals surface area contributed by atoms with E-state index in [1.54, 1.807) is 0 Å². The Kier molecular flexibility index (Phi) is 3.82. The second-order valence-corrected chi connectivity index (χ2v) is 3.09. The maximum Gasteiger partial charge on any atom is 0.342 e. The van der Waals surface area contributed by atoms with E-state index in [0.717, 1.165) is 18.6 Å². The van der Waals surface area contributed by atoms with Crippen LogP contribution in [0.5, 0.6) is 5.75 Å². The maximum atomic E-state index is 10.8. The number of nitro benzene ring substituents is 1. The minimum absolute atomic E-state index is 0.324. The number of nitrogens with zero attached hydrogens (tertiary/aromatic N) is 1. The molecule has 6 heteroatoms. The van der Waals surface area contributed by atoms with Gasteiger partial charge in [0.05, 0.1) is 11.5 Å². The lowest BCUT2D eigenvalue weighted by Crippen LogP contribution is -2.04. The molecule has 0 aliphatic heterocycles. The van der Waals surface area contributed by atoms with Crippen LogP contribution in [0.1, 0.15) is 23.7 Å². The molecule has 0 aliphatic carbocycles. The molecule has 0 spiro atoms. The van der Waals surface area contributed by atoms with E-state index in [9.17, 15) is 14.9 Å². The summed E-state index contributed by atoms with van der Waals surface area (Å²) in [5.74, 6) is -1.02. The lowest BCUT2D eigenvalue weighted by atomic mass is 10.1. The summed E-state index contributed by atoms with van der Waals surface area (Å²) in [4.78, 5) is 20.6. The standard InChI is InChI=1S/C10H11NO5/c1-2-5-16-7-3-4-9(11(14)15)8(6-7)10(12)13/h3-4,6H,2,5H2,1H3,(H,12,13). The molecule has 0 fully saturated rings. The fourth-order valence-electron chi connectivity index (χ4n) is 1.16. The van der Waals surface area contributed by atoms with Crippen molar-refractivity contribution in [1.29, 1.82) is 0 Å². The number of hydrogen-bond acceptors (Lipinski definition) is 4. The first-order valence-corrected chi connectivity index (χ1v) is 4.70. The molecule has 0 unspecified atom stereocenters. The van der Waals surface area contributed by atoms with Crippen molar-refractivity contribution in [2.45, 2.75) is 13.3 Å². The Hall–Kier alpha value is -2.11. The van der Waals surface area contributed by atoms with Crippen LogP contribution < -0.4 is 4.74 Å². The van der Waals surface area contributed by atoms with Crippen molar-refractivity contribution in [3.05, 3.63) is 33.9 Å². The van der Waals surface area contributed by atoms with E-state index in [0.29, 0.717) is 12.4 Å². The molecule has 0 radical (unpaired) electrons. The molecule has 0 amide bonds. The molecule has 1 aromatic rings. The fourth-order valence-corrected chi connectivity index (χ4v) is 1.16. The molecule has 6 nitrogen and oxygen atoms in total. The number of rotatable bonds is 5. The largest absolute Gasteiger partial charge is 0.494 e. The molecule has 0 saturated heterocycles. The Bertz CT molecular complexity index is 416. The molecule has 0 aromatic heterocycles. The SMILES string of the molecule is CCCOc1ccc([N+](=O)[O-])c(C(=O)O)c1. The number of aromatic carboxylic acids is 1. The Morgan fingerprint density at radius 1 is 1.56 bits per heavy atom. The van der Waals surface area contributed by atoms with Crippen molar-refractivity contribution < 1.29 is 19.6 Å². The highest BCUT2D eigenvalue weighted by Crippen LogP contribution is 2.24. The lowest BCUT2D eigenvalue weighted by Gasteiger charge is -2.05. The lowest BCUT2D eigenvalue weighted by molar-refractivity contribution is -0.385. The van der Waals surface area contributed by atoms with Gasteiger partial charge in [-0.1, -0.05) is 6.92 Å². The number of carboxylic acid groups (broad SMARTS) is 1. The Morgan fingerprint density at radius 3 is 2.75 bits per heavy atom. The molecule has 86 valence electrons. The van der Waals surface area contributed by atoms with Crippen LogP contribution in [0.25, 0.3) is 0 Å². The molecule has 1 aromatic carbocycles. The average Bonchev–Trinajstić information content (AvgIpc) is 2.25. The van der Waals surface area contributed by atoms with Crippen LogP contribution in [0.15, 0.2) is 18.2 Å². The Balaban J connectivity index is 3.07. The molecule has 1 N–H and O–H groups in total. The number of benzene rings is 1. The number of nitro groups is 1. The van der Waals surface area contributed by atoms with Crippen LogP contribution >= 0.6 is 0 Å². The van der Waals surface area contributed by atoms with Crippen molar-refractivity contribution in [3.8, 4) is 5.75 Å². The van der Waals surface area contributed by atoms with Crippen molar-refractivity contribution in [2.24, 2.45) is 0 Å². The first kappa shape index (κ1) is 12.0. The molecule has 0 saturated carbocycles. The number of carboxylic acids is 1. The number of ether oxygens (including phenoxy) is 1. The van der Waals surface area contributed by atoms with Gasteiger partial charge in [0.1, 0.15) is 11.3 Å². The van der Waals surface area contributed by atoms with E-state index in [-0.39, 0.29) is 5.56 Å². The van der Waals surface area contributed by atoms with Gasteiger partial charge in [-0.05, 0) is 12.5 Å². The van der Waals surface area contributed by atoms with Gasteiger partial charge in [0, 0.05) is 12.1 Å². The minimum atomic E-state index is -1.34. The molecule has 0 aliphatic rings. The summed E-state index contributed by atoms with van der Waals surface area (Å²) >= 11 is 0. The van der Waals surface area contributed by atoms with E-state index in [1.165, 1.54) is 6.07 Å². The highest BCUT2D eigenvalue weighted by molar-refractivity contribution is 5.92. The van der Waals surface area contributed by atoms with Crippen molar-refractivity contribution >= 4 is 11.7 Å². The fraction of sp³-hybridized carbons (Fsp3) is 0.300. The summed E-state index contributed by atoms with van der Waals surface area (Å²) in [7, 11) is 0. The topological polar surface area (TPSA) is 89.7 Å². The first-order chi connectivity index (χ1) is 7.56. The van der Waals surface area contributed by atoms with E-state index in [2.05, 4.69) is 0 Å². The summed E-state index contributed by atoms with van der Waals surface area (Å²) in [5.41, 5.74) is -0.796. The first-order valence-electron chi connectivity index (χ1n) is 4.70. The minimum Gasteiger partial charge on any atom is -0.494 e. The molecule has 0 heterocycles. The van der Waals surface area contributed by atoms with E-state index < -0.39 is 16.6 Å². The van der Waals surface area contributed by atoms with Crippen LogP contribution in [0.2, 0.25) is 0 Å². The summed E-state index contributed by atoms with van der Waals surface area (Å²) < 4.78 is 5.19. The third kappa shape index (κ3) is 2.69. The highest BCUT2D eigenvalue weighted by Gasteiger charge is 2.20. The zero-order valence-electron chi connectivity index (χ0n) is 8.67. The summed E-state index contributed by atoms with van der Waals surface area (Å²) in [6, 6.07) is 3.69. The van der Waals surface area contributed by atoms with Gasteiger partial charge in [0.15, 0.2) is 0 Å². The summed E-state index contributed by atoms with van der Waals surface area (Å²) in [6.07, 6.45) is 0.777. The van der Waals surface area contributed by atoms with Gasteiger partial charge in [-0.15, -0.1) is 0 Å². The smallest absolute Gasteiger partial charge is 0.342 e. The van der Waals surface area contributed by atoms with Crippen LogP contribution in [0.4, 0.5) is 5.69 Å². The molecule has 1 rings (SSSR count). The highest BCUT2D eigenvalue weighted by atomic mass is 16.6. The van der Waals surface area contributed by atoms with Crippen molar-refractivity contribution in [3.63, 3.8) is 0 Å².